The summed E-state index contributed by atoms with van der Waals surface area (Å²) < 4.78 is 5.18. The minimum atomic E-state index is -0.203. The van der Waals surface area contributed by atoms with Gasteiger partial charge in [-0.1, -0.05) is 12.1 Å². The number of hydrogen-bond donors (Lipinski definition) is 3. The number of benzene rings is 2. The van der Waals surface area contributed by atoms with E-state index >= 15 is 0 Å². The van der Waals surface area contributed by atoms with Crippen LogP contribution in [0.25, 0.3) is 0 Å². The Morgan fingerprint density at radius 1 is 1.00 bits per heavy atom. The summed E-state index contributed by atoms with van der Waals surface area (Å²) in [5.74, 6) is 0.329. The maximum atomic E-state index is 12.2. The molecule has 1 heterocycles. The molecule has 0 aliphatic rings. The minimum Gasteiger partial charge on any atom is -0.467 e. The molecule has 0 spiro atoms. The molecule has 0 radical (unpaired) electrons. The molecule has 1 aromatic heterocycles. The van der Waals surface area contributed by atoms with Crippen molar-refractivity contribution in [1.29, 1.82) is 0 Å². The lowest BCUT2D eigenvalue weighted by Crippen LogP contribution is -2.23. The maximum absolute atomic E-state index is 12.2. The number of carbonyl (C=O) groups excluding carboxylic acids is 2. The second kappa shape index (κ2) is 8.90. The number of aryl methyl sites for hydroxylation is 2. The van der Waals surface area contributed by atoms with Crippen LogP contribution >= 0.6 is 0 Å². The highest BCUT2D eigenvalue weighted by atomic mass is 16.3. The molecule has 0 bridgehead atoms. The van der Waals surface area contributed by atoms with Crippen molar-refractivity contribution in [3.8, 4) is 0 Å². The van der Waals surface area contributed by atoms with Gasteiger partial charge in [-0.3, -0.25) is 9.59 Å². The molecular weight excluding hydrogens is 354 g/mol. The highest BCUT2D eigenvalue weighted by Gasteiger charge is 2.08. The van der Waals surface area contributed by atoms with Crippen LogP contribution in [0.1, 0.15) is 27.2 Å². The zero-order valence-electron chi connectivity index (χ0n) is 15.9. The van der Waals surface area contributed by atoms with E-state index in [1.807, 2.05) is 32.0 Å². The molecule has 0 fully saturated rings. The maximum Gasteiger partial charge on any atom is 0.251 e. The van der Waals surface area contributed by atoms with Crippen LogP contribution in [0.4, 0.5) is 11.4 Å². The van der Waals surface area contributed by atoms with E-state index in [2.05, 4.69) is 16.0 Å². The number of hydrogen-bond acceptors (Lipinski definition) is 4. The van der Waals surface area contributed by atoms with Gasteiger partial charge >= 0.3 is 0 Å². The monoisotopic (exact) mass is 377 g/mol. The Labute approximate surface area is 164 Å². The normalized spacial score (nSPS) is 10.4. The molecule has 2 amide bonds. The third-order valence-electron chi connectivity index (χ3n) is 4.27. The van der Waals surface area contributed by atoms with Gasteiger partial charge in [0.15, 0.2) is 0 Å². The van der Waals surface area contributed by atoms with E-state index in [9.17, 15) is 9.59 Å². The highest BCUT2D eigenvalue weighted by Crippen LogP contribution is 2.16. The average molecular weight is 377 g/mol. The summed E-state index contributed by atoms with van der Waals surface area (Å²) in [4.78, 5) is 24.3. The van der Waals surface area contributed by atoms with Crippen LogP contribution in [-0.2, 0) is 11.3 Å². The van der Waals surface area contributed by atoms with Gasteiger partial charge in [0.25, 0.3) is 5.91 Å². The topological polar surface area (TPSA) is 83.4 Å². The Morgan fingerprint density at radius 3 is 2.50 bits per heavy atom. The standard InChI is InChI=1S/C22H23N3O3/c1-15-5-6-16(2)20(12-15)23-14-21(26)25-18-9-7-17(8-10-18)22(27)24-13-19-4-3-11-28-19/h3-12,23H,13-14H2,1-2H3,(H,24,27)(H,25,26). The molecule has 144 valence electrons. The van der Waals surface area contributed by atoms with Crippen LogP contribution in [0.2, 0.25) is 0 Å². The lowest BCUT2D eigenvalue weighted by atomic mass is 10.1. The van der Waals surface area contributed by atoms with E-state index in [4.69, 9.17) is 4.42 Å². The van der Waals surface area contributed by atoms with Crippen LogP contribution in [0, 0.1) is 13.8 Å². The molecule has 28 heavy (non-hydrogen) atoms. The van der Waals surface area contributed by atoms with E-state index in [0.717, 1.165) is 16.8 Å². The zero-order valence-corrected chi connectivity index (χ0v) is 15.9. The Kier molecular flexibility index (Phi) is 6.11. The number of carbonyl (C=O) groups is 2. The van der Waals surface area contributed by atoms with Crippen molar-refractivity contribution in [2.24, 2.45) is 0 Å². The molecule has 0 atom stereocenters. The molecule has 0 unspecified atom stereocenters. The van der Waals surface area contributed by atoms with Crippen LogP contribution in [0.3, 0.4) is 0 Å². The Balaban J connectivity index is 1.49. The largest absolute Gasteiger partial charge is 0.467 e. The summed E-state index contributed by atoms with van der Waals surface area (Å²) in [6.07, 6.45) is 1.56. The molecule has 3 N–H and O–H groups in total. The van der Waals surface area contributed by atoms with E-state index in [0.29, 0.717) is 23.6 Å². The second-order valence-electron chi connectivity index (χ2n) is 6.56. The molecule has 3 rings (SSSR count). The second-order valence-corrected chi connectivity index (χ2v) is 6.56. The summed E-state index contributed by atoms with van der Waals surface area (Å²) in [5, 5.41) is 8.75. The number of rotatable bonds is 7. The van der Waals surface area contributed by atoms with Gasteiger partial charge in [-0.05, 0) is 67.4 Å². The first-order chi connectivity index (χ1) is 13.5. The fourth-order valence-corrected chi connectivity index (χ4v) is 2.69. The Bertz CT molecular complexity index is 948. The molecule has 0 saturated heterocycles. The van der Waals surface area contributed by atoms with Gasteiger partial charge in [0.05, 0.1) is 19.4 Å². The SMILES string of the molecule is Cc1ccc(C)c(NCC(=O)Nc2ccc(C(=O)NCc3ccco3)cc2)c1. The van der Waals surface area contributed by atoms with Crippen LogP contribution < -0.4 is 16.0 Å². The summed E-state index contributed by atoms with van der Waals surface area (Å²) in [6, 6.07) is 16.4. The number of nitrogens with one attached hydrogen (secondary N) is 3. The molecule has 6 heteroatoms. The Hall–Kier alpha value is -3.54. The fourth-order valence-electron chi connectivity index (χ4n) is 2.69. The van der Waals surface area contributed by atoms with E-state index < -0.39 is 0 Å². The van der Waals surface area contributed by atoms with Gasteiger partial charge < -0.3 is 20.4 Å². The van der Waals surface area contributed by atoms with Crippen molar-refractivity contribution in [1.82, 2.24) is 5.32 Å². The first-order valence-corrected chi connectivity index (χ1v) is 9.03. The molecule has 2 aromatic carbocycles. The number of amides is 2. The summed E-state index contributed by atoms with van der Waals surface area (Å²) in [6.45, 7) is 4.50. The number of anilines is 2. The van der Waals surface area contributed by atoms with E-state index in [1.54, 1.807) is 42.7 Å². The van der Waals surface area contributed by atoms with E-state index in [1.165, 1.54) is 0 Å². The molecular formula is C22H23N3O3. The van der Waals surface area contributed by atoms with Gasteiger partial charge in [-0.15, -0.1) is 0 Å². The first kappa shape index (κ1) is 19.2. The fraction of sp³-hybridized carbons (Fsp3) is 0.182. The molecule has 0 aliphatic carbocycles. The van der Waals surface area contributed by atoms with Gasteiger partial charge in [0, 0.05) is 16.9 Å². The van der Waals surface area contributed by atoms with Crippen molar-refractivity contribution in [3.63, 3.8) is 0 Å². The van der Waals surface area contributed by atoms with Crippen molar-refractivity contribution >= 4 is 23.2 Å². The molecule has 3 aromatic rings. The van der Waals surface area contributed by atoms with Crippen LogP contribution in [0.5, 0.6) is 0 Å². The van der Waals surface area contributed by atoms with Crippen molar-refractivity contribution < 1.29 is 14.0 Å². The Morgan fingerprint density at radius 2 is 1.79 bits per heavy atom. The molecule has 0 aliphatic heterocycles. The summed E-state index contributed by atoms with van der Waals surface area (Å²) in [5.41, 5.74) is 4.31. The quantitative estimate of drug-likeness (QED) is 0.583. The van der Waals surface area contributed by atoms with Gasteiger partial charge in [0.1, 0.15) is 5.76 Å². The third kappa shape index (κ3) is 5.23. The first-order valence-electron chi connectivity index (χ1n) is 9.03. The van der Waals surface area contributed by atoms with Gasteiger partial charge in [-0.2, -0.15) is 0 Å². The average Bonchev–Trinajstić information content (AvgIpc) is 3.21. The number of furan rings is 1. The third-order valence-corrected chi connectivity index (χ3v) is 4.27. The highest BCUT2D eigenvalue weighted by molar-refractivity contribution is 5.96. The lowest BCUT2D eigenvalue weighted by molar-refractivity contribution is -0.114. The van der Waals surface area contributed by atoms with Crippen molar-refractivity contribution in [2.75, 3.05) is 17.2 Å². The predicted octanol–water partition coefficient (Wildman–Crippen LogP) is 3.88. The minimum absolute atomic E-state index is 0.157. The smallest absolute Gasteiger partial charge is 0.251 e. The van der Waals surface area contributed by atoms with Gasteiger partial charge in [0.2, 0.25) is 5.91 Å². The lowest BCUT2D eigenvalue weighted by Gasteiger charge is -2.11. The molecule has 6 nitrogen and oxygen atoms in total. The van der Waals surface area contributed by atoms with E-state index in [-0.39, 0.29) is 18.4 Å². The van der Waals surface area contributed by atoms with Crippen LogP contribution in [0.15, 0.2) is 65.3 Å². The summed E-state index contributed by atoms with van der Waals surface area (Å²) >= 11 is 0. The van der Waals surface area contributed by atoms with Crippen LogP contribution in [-0.4, -0.2) is 18.4 Å². The molecule has 0 saturated carbocycles. The van der Waals surface area contributed by atoms with Gasteiger partial charge in [-0.25, -0.2) is 0 Å². The predicted molar refractivity (Wildman–Crippen MR) is 109 cm³/mol. The zero-order chi connectivity index (χ0) is 19.9. The van der Waals surface area contributed by atoms with Crippen molar-refractivity contribution in [2.45, 2.75) is 20.4 Å². The van der Waals surface area contributed by atoms with Crippen molar-refractivity contribution in [3.05, 3.63) is 83.3 Å². The summed E-state index contributed by atoms with van der Waals surface area (Å²) in [7, 11) is 0.